The molecule has 0 unspecified atom stereocenters. The maximum Gasteiger partial charge on any atom is 0.337 e. The second-order valence-electron chi connectivity index (χ2n) is 5.11. The van der Waals surface area contributed by atoms with Crippen LogP contribution in [-0.4, -0.2) is 37.8 Å². The standard InChI is InChI=1S/C12H17FN2O4S/c1-12(2,15-20(3,18)19)7-14-10-5-4-8(13)6-9(10)11(16)17/h4-6,14-15H,7H2,1-3H3,(H,16,17). The molecule has 0 aliphatic rings. The Labute approximate surface area is 117 Å². The lowest BCUT2D eigenvalue weighted by Gasteiger charge is -2.26. The maximum atomic E-state index is 13.0. The molecule has 0 amide bonds. The Kier molecular flexibility index (Phi) is 4.72. The summed E-state index contributed by atoms with van der Waals surface area (Å²) in [6.45, 7) is 3.43. The van der Waals surface area contributed by atoms with E-state index in [1.807, 2.05) is 0 Å². The first-order chi connectivity index (χ1) is 9.00. The van der Waals surface area contributed by atoms with Crippen LogP contribution in [0.3, 0.4) is 0 Å². The van der Waals surface area contributed by atoms with Crippen molar-refractivity contribution in [3.05, 3.63) is 29.6 Å². The fraction of sp³-hybridized carbons (Fsp3) is 0.417. The summed E-state index contributed by atoms with van der Waals surface area (Å²) < 4.78 is 37.8. The van der Waals surface area contributed by atoms with Crippen LogP contribution in [0.4, 0.5) is 10.1 Å². The molecule has 0 aromatic heterocycles. The van der Waals surface area contributed by atoms with Crippen molar-refractivity contribution >= 4 is 21.7 Å². The number of hydrogen-bond donors (Lipinski definition) is 3. The van der Waals surface area contributed by atoms with Gasteiger partial charge in [-0.05, 0) is 32.0 Å². The van der Waals surface area contributed by atoms with Gasteiger partial charge in [-0.15, -0.1) is 0 Å². The summed E-state index contributed by atoms with van der Waals surface area (Å²) in [5.41, 5.74) is -0.806. The third kappa shape index (κ3) is 5.14. The van der Waals surface area contributed by atoms with Crippen molar-refractivity contribution in [3.8, 4) is 0 Å². The Morgan fingerprint density at radius 1 is 1.40 bits per heavy atom. The van der Waals surface area contributed by atoms with Gasteiger partial charge >= 0.3 is 5.97 Å². The average Bonchev–Trinajstić information content (AvgIpc) is 2.23. The van der Waals surface area contributed by atoms with Gasteiger partial charge in [0, 0.05) is 17.8 Å². The van der Waals surface area contributed by atoms with Gasteiger partial charge in [-0.1, -0.05) is 0 Å². The molecule has 20 heavy (non-hydrogen) atoms. The summed E-state index contributed by atoms with van der Waals surface area (Å²) in [6.07, 6.45) is 1.04. The summed E-state index contributed by atoms with van der Waals surface area (Å²) in [4.78, 5) is 11.0. The van der Waals surface area contributed by atoms with Crippen molar-refractivity contribution in [2.24, 2.45) is 0 Å². The molecule has 0 atom stereocenters. The summed E-state index contributed by atoms with van der Waals surface area (Å²) in [6, 6.07) is 3.34. The first-order valence-electron chi connectivity index (χ1n) is 5.76. The smallest absolute Gasteiger partial charge is 0.337 e. The monoisotopic (exact) mass is 304 g/mol. The van der Waals surface area contributed by atoms with Crippen LogP contribution < -0.4 is 10.0 Å². The molecule has 0 saturated carbocycles. The minimum Gasteiger partial charge on any atom is -0.478 e. The molecule has 0 spiro atoms. The van der Waals surface area contributed by atoms with Crippen LogP contribution in [0.15, 0.2) is 18.2 Å². The largest absolute Gasteiger partial charge is 0.478 e. The van der Waals surface area contributed by atoms with Gasteiger partial charge < -0.3 is 10.4 Å². The second kappa shape index (κ2) is 5.76. The first kappa shape index (κ1) is 16.4. The van der Waals surface area contributed by atoms with Crippen LogP contribution in [0.1, 0.15) is 24.2 Å². The fourth-order valence-corrected chi connectivity index (χ4v) is 2.78. The van der Waals surface area contributed by atoms with Gasteiger partial charge in [0.2, 0.25) is 10.0 Å². The van der Waals surface area contributed by atoms with Crippen molar-refractivity contribution in [1.29, 1.82) is 0 Å². The highest BCUT2D eigenvalue weighted by atomic mass is 32.2. The maximum absolute atomic E-state index is 13.0. The number of hydrogen-bond acceptors (Lipinski definition) is 4. The highest BCUT2D eigenvalue weighted by Crippen LogP contribution is 2.18. The molecular weight excluding hydrogens is 287 g/mol. The number of benzene rings is 1. The molecule has 0 radical (unpaired) electrons. The van der Waals surface area contributed by atoms with E-state index in [1.165, 1.54) is 6.07 Å². The van der Waals surface area contributed by atoms with E-state index in [0.717, 1.165) is 18.4 Å². The van der Waals surface area contributed by atoms with Crippen LogP contribution in [0.2, 0.25) is 0 Å². The quantitative estimate of drug-likeness (QED) is 0.735. The number of carboxylic acid groups (broad SMARTS) is 1. The van der Waals surface area contributed by atoms with Crippen LogP contribution in [-0.2, 0) is 10.0 Å². The third-order valence-electron chi connectivity index (χ3n) is 2.39. The molecule has 6 nitrogen and oxygen atoms in total. The lowest BCUT2D eigenvalue weighted by atomic mass is 10.1. The Balaban J connectivity index is 2.87. The number of anilines is 1. The van der Waals surface area contributed by atoms with Gasteiger partial charge in [-0.25, -0.2) is 22.3 Å². The molecule has 0 bridgehead atoms. The third-order valence-corrected chi connectivity index (χ3v) is 3.32. The zero-order valence-electron chi connectivity index (χ0n) is 11.4. The summed E-state index contributed by atoms with van der Waals surface area (Å²) in [7, 11) is -3.39. The number of rotatable bonds is 6. The minimum absolute atomic E-state index is 0.145. The highest BCUT2D eigenvalue weighted by molar-refractivity contribution is 7.88. The molecule has 3 N–H and O–H groups in total. The lowest BCUT2D eigenvalue weighted by Crippen LogP contribution is -2.47. The van der Waals surface area contributed by atoms with Gasteiger partial charge in [0.05, 0.1) is 11.8 Å². The van der Waals surface area contributed by atoms with Crippen molar-refractivity contribution < 1.29 is 22.7 Å². The molecule has 0 aliphatic heterocycles. The minimum atomic E-state index is -3.39. The zero-order chi connectivity index (χ0) is 15.6. The molecule has 1 aromatic carbocycles. The molecule has 8 heteroatoms. The fourth-order valence-electron chi connectivity index (χ4n) is 1.70. The van der Waals surface area contributed by atoms with Crippen molar-refractivity contribution in [2.75, 3.05) is 18.1 Å². The van der Waals surface area contributed by atoms with E-state index in [1.54, 1.807) is 13.8 Å². The van der Waals surface area contributed by atoms with Crippen LogP contribution in [0.25, 0.3) is 0 Å². The predicted octanol–water partition coefficient (Wildman–Crippen LogP) is 1.26. The highest BCUT2D eigenvalue weighted by Gasteiger charge is 2.22. The molecule has 0 fully saturated rings. The van der Waals surface area contributed by atoms with Crippen molar-refractivity contribution in [2.45, 2.75) is 19.4 Å². The second-order valence-corrected chi connectivity index (χ2v) is 6.86. The van der Waals surface area contributed by atoms with E-state index in [2.05, 4.69) is 10.0 Å². The Hall–Kier alpha value is -1.67. The van der Waals surface area contributed by atoms with Crippen molar-refractivity contribution in [3.63, 3.8) is 0 Å². The number of nitrogens with one attached hydrogen (secondary N) is 2. The molecule has 0 heterocycles. The molecule has 112 valence electrons. The van der Waals surface area contributed by atoms with E-state index < -0.39 is 27.3 Å². The Bertz CT molecular complexity index is 614. The topological polar surface area (TPSA) is 95.5 Å². The van der Waals surface area contributed by atoms with Gasteiger partial charge in [-0.3, -0.25) is 0 Å². The number of sulfonamides is 1. The van der Waals surface area contributed by atoms with E-state index in [-0.39, 0.29) is 17.8 Å². The summed E-state index contributed by atoms with van der Waals surface area (Å²) >= 11 is 0. The Morgan fingerprint density at radius 3 is 2.50 bits per heavy atom. The molecular formula is C12H17FN2O4S. The predicted molar refractivity (Wildman–Crippen MR) is 73.9 cm³/mol. The van der Waals surface area contributed by atoms with E-state index in [4.69, 9.17) is 5.11 Å². The van der Waals surface area contributed by atoms with Gasteiger partial charge in [0.25, 0.3) is 0 Å². The molecule has 1 rings (SSSR count). The van der Waals surface area contributed by atoms with E-state index >= 15 is 0 Å². The van der Waals surface area contributed by atoms with Gasteiger partial charge in [-0.2, -0.15) is 0 Å². The zero-order valence-corrected chi connectivity index (χ0v) is 12.2. The molecule has 0 aliphatic carbocycles. The molecule has 1 aromatic rings. The van der Waals surface area contributed by atoms with Crippen LogP contribution >= 0.6 is 0 Å². The van der Waals surface area contributed by atoms with E-state index in [0.29, 0.717) is 0 Å². The summed E-state index contributed by atoms with van der Waals surface area (Å²) in [5.74, 6) is -1.91. The first-order valence-corrected chi connectivity index (χ1v) is 7.65. The van der Waals surface area contributed by atoms with Crippen LogP contribution in [0, 0.1) is 5.82 Å². The van der Waals surface area contributed by atoms with Crippen LogP contribution in [0.5, 0.6) is 0 Å². The van der Waals surface area contributed by atoms with E-state index in [9.17, 15) is 17.6 Å². The molecule has 0 saturated heterocycles. The number of halogens is 1. The number of aromatic carboxylic acids is 1. The average molecular weight is 304 g/mol. The number of carboxylic acids is 1. The normalized spacial score (nSPS) is 12.2. The number of carbonyl (C=O) groups is 1. The summed E-state index contributed by atoms with van der Waals surface area (Å²) in [5, 5.41) is 11.8. The SMILES string of the molecule is CC(C)(CNc1ccc(F)cc1C(=O)O)NS(C)(=O)=O. The van der Waals surface area contributed by atoms with Crippen molar-refractivity contribution in [1.82, 2.24) is 4.72 Å². The lowest BCUT2D eigenvalue weighted by molar-refractivity contribution is 0.0697. The van der Waals surface area contributed by atoms with Gasteiger partial charge in [0.15, 0.2) is 0 Å². The van der Waals surface area contributed by atoms with Gasteiger partial charge in [0.1, 0.15) is 5.82 Å². The Morgan fingerprint density at radius 2 is 2.00 bits per heavy atom.